The van der Waals surface area contributed by atoms with Gasteiger partial charge in [0.1, 0.15) is 10.3 Å². The maximum atomic E-state index is 12.8. The maximum Gasteiger partial charge on any atom is 0.253 e. The molecule has 1 N–H and O–H groups in total. The number of halogens is 1. The van der Waals surface area contributed by atoms with Gasteiger partial charge in [-0.1, -0.05) is 24.3 Å². The molecule has 3 rings (SSSR count). The molecule has 1 aromatic carbocycles. The number of rotatable bonds is 6. The molecule has 1 atom stereocenters. The van der Waals surface area contributed by atoms with E-state index in [4.69, 9.17) is 0 Å². The Labute approximate surface area is 166 Å². The van der Waals surface area contributed by atoms with Crippen LogP contribution in [-0.4, -0.2) is 37.8 Å². The summed E-state index contributed by atoms with van der Waals surface area (Å²) in [4.78, 5) is 12.6. The van der Waals surface area contributed by atoms with Gasteiger partial charge in [0, 0.05) is 13.1 Å². The van der Waals surface area contributed by atoms with Crippen LogP contribution in [0.1, 0.15) is 24.0 Å². The quantitative estimate of drug-likeness (QED) is 0.724. The number of thiophene rings is 1. The number of carbonyl (C=O) groups excluding carboxylic acids is 1. The third-order valence-electron chi connectivity index (χ3n) is 4.57. The zero-order chi connectivity index (χ0) is 18.7. The van der Waals surface area contributed by atoms with Crippen LogP contribution < -0.4 is 5.32 Å². The number of nitrogens with one attached hydrogen (secondary N) is 1. The van der Waals surface area contributed by atoms with E-state index in [1.165, 1.54) is 26.8 Å². The summed E-state index contributed by atoms with van der Waals surface area (Å²) in [5, 5.41) is 2.91. The van der Waals surface area contributed by atoms with E-state index < -0.39 is 16.1 Å². The molecule has 1 fully saturated rings. The predicted octanol–water partition coefficient (Wildman–Crippen LogP) is 3.33. The Morgan fingerprint density at radius 2 is 2.08 bits per heavy atom. The normalized spacial score (nSPS) is 18.2. The lowest BCUT2D eigenvalue weighted by molar-refractivity contribution is -0.124. The van der Waals surface area contributed by atoms with Gasteiger partial charge in [0.05, 0.1) is 3.79 Å². The summed E-state index contributed by atoms with van der Waals surface area (Å²) in [7, 11) is -3.63. The van der Waals surface area contributed by atoms with Crippen LogP contribution in [0, 0.1) is 6.92 Å². The summed E-state index contributed by atoms with van der Waals surface area (Å²) in [6.07, 6.45) is 1.99. The monoisotopic (exact) mass is 456 g/mol. The van der Waals surface area contributed by atoms with Crippen molar-refractivity contribution in [1.82, 2.24) is 9.62 Å². The molecule has 8 heteroatoms. The van der Waals surface area contributed by atoms with E-state index in [0.29, 0.717) is 25.9 Å². The molecule has 2 aromatic rings. The molecular formula is C18H21BrN2O3S2. The molecule has 1 amide bonds. The minimum absolute atomic E-state index is 0.213. The van der Waals surface area contributed by atoms with Crippen LogP contribution in [0.4, 0.5) is 0 Å². The van der Waals surface area contributed by atoms with Gasteiger partial charge >= 0.3 is 0 Å². The Bertz CT molecular complexity index is 895. The topological polar surface area (TPSA) is 66.5 Å². The van der Waals surface area contributed by atoms with Crippen LogP contribution in [0.3, 0.4) is 0 Å². The van der Waals surface area contributed by atoms with Crippen molar-refractivity contribution in [2.24, 2.45) is 0 Å². The van der Waals surface area contributed by atoms with Crippen molar-refractivity contribution in [2.75, 3.05) is 13.1 Å². The molecule has 1 aliphatic rings. The van der Waals surface area contributed by atoms with Gasteiger partial charge in [-0.2, -0.15) is 4.31 Å². The summed E-state index contributed by atoms with van der Waals surface area (Å²) in [6, 6.07) is 10.7. The molecular weight excluding hydrogens is 436 g/mol. The third-order valence-corrected chi connectivity index (χ3v) is 8.57. The lowest BCUT2D eigenvalue weighted by Crippen LogP contribution is -2.46. The SMILES string of the molecule is Cc1ccccc1CCNC(=O)C1CCCN1S(=O)(=O)c1ccc(Br)s1. The molecule has 2 heterocycles. The molecule has 5 nitrogen and oxygen atoms in total. The number of nitrogens with zero attached hydrogens (tertiary/aromatic N) is 1. The van der Waals surface area contributed by atoms with Crippen LogP contribution in [0.2, 0.25) is 0 Å². The van der Waals surface area contributed by atoms with Gasteiger partial charge < -0.3 is 5.32 Å². The van der Waals surface area contributed by atoms with E-state index in [1.807, 2.05) is 31.2 Å². The summed E-state index contributed by atoms with van der Waals surface area (Å²) in [5.74, 6) is -0.213. The number of aryl methyl sites for hydroxylation is 1. The Hall–Kier alpha value is -1.22. The molecule has 0 aliphatic carbocycles. The lowest BCUT2D eigenvalue weighted by atomic mass is 10.1. The molecule has 1 aromatic heterocycles. The molecule has 0 saturated carbocycles. The van der Waals surface area contributed by atoms with E-state index in [0.717, 1.165) is 10.2 Å². The fraction of sp³-hybridized carbons (Fsp3) is 0.389. The van der Waals surface area contributed by atoms with Crippen molar-refractivity contribution in [1.29, 1.82) is 0 Å². The second-order valence-corrected chi connectivity index (χ2v) is 10.9. The van der Waals surface area contributed by atoms with Gasteiger partial charge in [-0.05, 0) is 65.4 Å². The number of amides is 1. The summed E-state index contributed by atoms with van der Waals surface area (Å²) < 4.78 is 28.0. The van der Waals surface area contributed by atoms with Gasteiger partial charge in [0.25, 0.3) is 10.0 Å². The fourth-order valence-corrected chi connectivity index (χ4v) is 6.97. The highest BCUT2D eigenvalue weighted by atomic mass is 79.9. The average Bonchev–Trinajstić information content (AvgIpc) is 3.26. The molecule has 1 aliphatic heterocycles. The van der Waals surface area contributed by atoms with E-state index in [-0.39, 0.29) is 10.1 Å². The third kappa shape index (κ3) is 4.19. The zero-order valence-corrected chi connectivity index (χ0v) is 17.7. The van der Waals surface area contributed by atoms with Crippen LogP contribution in [-0.2, 0) is 21.2 Å². The van der Waals surface area contributed by atoms with Crippen LogP contribution in [0.25, 0.3) is 0 Å². The molecule has 0 spiro atoms. The van der Waals surface area contributed by atoms with Gasteiger partial charge in [-0.15, -0.1) is 11.3 Å². The van der Waals surface area contributed by atoms with Gasteiger partial charge in [-0.25, -0.2) is 8.42 Å². The van der Waals surface area contributed by atoms with Crippen LogP contribution in [0.15, 0.2) is 44.4 Å². The van der Waals surface area contributed by atoms with E-state index >= 15 is 0 Å². The van der Waals surface area contributed by atoms with Gasteiger partial charge in [0.2, 0.25) is 5.91 Å². The second-order valence-electron chi connectivity index (χ2n) is 6.30. The summed E-state index contributed by atoms with van der Waals surface area (Å²) >= 11 is 4.46. The van der Waals surface area contributed by atoms with Crippen LogP contribution >= 0.6 is 27.3 Å². The Kier molecular flexibility index (Phi) is 6.17. The predicted molar refractivity (Wildman–Crippen MR) is 107 cm³/mol. The molecule has 0 radical (unpaired) electrons. The first kappa shape index (κ1) is 19.5. The first-order chi connectivity index (χ1) is 12.4. The Morgan fingerprint density at radius 1 is 1.31 bits per heavy atom. The van der Waals surface area contributed by atoms with Crippen molar-refractivity contribution in [2.45, 2.75) is 36.4 Å². The number of hydrogen-bond acceptors (Lipinski definition) is 4. The van der Waals surface area contributed by atoms with Crippen molar-refractivity contribution >= 4 is 43.2 Å². The zero-order valence-electron chi connectivity index (χ0n) is 14.4. The van der Waals surface area contributed by atoms with Gasteiger partial charge in [0.15, 0.2) is 0 Å². The Morgan fingerprint density at radius 3 is 2.77 bits per heavy atom. The largest absolute Gasteiger partial charge is 0.354 e. The average molecular weight is 457 g/mol. The van der Waals surface area contributed by atoms with Gasteiger partial charge in [-0.3, -0.25) is 4.79 Å². The highest BCUT2D eigenvalue weighted by Crippen LogP contribution is 2.32. The smallest absolute Gasteiger partial charge is 0.253 e. The molecule has 1 saturated heterocycles. The minimum atomic E-state index is -3.63. The second kappa shape index (κ2) is 8.21. The summed E-state index contributed by atoms with van der Waals surface area (Å²) in [5.41, 5.74) is 2.38. The molecule has 0 bridgehead atoms. The van der Waals surface area contributed by atoms with E-state index in [2.05, 4.69) is 21.2 Å². The first-order valence-corrected chi connectivity index (χ1v) is 11.5. The van der Waals surface area contributed by atoms with E-state index in [1.54, 1.807) is 12.1 Å². The lowest BCUT2D eigenvalue weighted by Gasteiger charge is -2.22. The molecule has 1 unspecified atom stereocenters. The molecule has 26 heavy (non-hydrogen) atoms. The van der Waals surface area contributed by atoms with Crippen molar-refractivity contribution in [3.8, 4) is 0 Å². The van der Waals surface area contributed by atoms with E-state index in [9.17, 15) is 13.2 Å². The van der Waals surface area contributed by atoms with Crippen molar-refractivity contribution < 1.29 is 13.2 Å². The van der Waals surface area contributed by atoms with Crippen molar-refractivity contribution in [3.05, 3.63) is 51.3 Å². The van der Waals surface area contributed by atoms with Crippen LogP contribution in [0.5, 0.6) is 0 Å². The highest BCUT2D eigenvalue weighted by molar-refractivity contribution is 9.11. The first-order valence-electron chi connectivity index (χ1n) is 8.49. The highest BCUT2D eigenvalue weighted by Gasteiger charge is 2.39. The summed E-state index contributed by atoms with van der Waals surface area (Å²) in [6.45, 7) is 2.92. The molecule has 140 valence electrons. The fourth-order valence-electron chi connectivity index (χ4n) is 3.17. The number of sulfonamides is 1. The number of hydrogen-bond donors (Lipinski definition) is 1. The maximum absolute atomic E-state index is 12.8. The number of benzene rings is 1. The Balaban J connectivity index is 1.64. The number of carbonyl (C=O) groups is 1. The van der Waals surface area contributed by atoms with Crippen molar-refractivity contribution in [3.63, 3.8) is 0 Å². The minimum Gasteiger partial charge on any atom is -0.354 e. The standard InChI is InChI=1S/C18H21BrN2O3S2/c1-13-5-2-3-6-14(13)10-11-20-18(22)15-7-4-12-21(15)26(23,24)17-9-8-16(19)25-17/h2-3,5-6,8-9,15H,4,7,10-12H2,1H3,(H,20,22).